The summed E-state index contributed by atoms with van der Waals surface area (Å²) in [6.45, 7) is 7.89. The Hall–Kier alpha value is -1.07. The van der Waals surface area contributed by atoms with Crippen molar-refractivity contribution in [1.29, 1.82) is 0 Å². The van der Waals surface area contributed by atoms with Crippen LogP contribution >= 0.6 is 24.0 Å². The average Bonchev–Trinajstić information content (AvgIpc) is 2.72. The Morgan fingerprint density at radius 1 is 1.23 bits per heavy atom. The third-order valence-electron chi connectivity index (χ3n) is 5.28. The Bertz CT molecular complexity index is 678. The predicted molar refractivity (Wildman–Crippen MR) is 128 cm³/mol. The number of aliphatic imine (C=N–C) groups is 1. The molecule has 0 radical (unpaired) electrons. The summed E-state index contributed by atoms with van der Waals surface area (Å²) in [7, 11) is 1.69. The molecule has 2 rings (SSSR count). The van der Waals surface area contributed by atoms with Crippen LogP contribution in [-0.4, -0.2) is 52.5 Å². The molecule has 178 valence electrons. The van der Waals surface area contributed by atoms with Gasteiger partial charge < -0.3 is 20.1 Å². The fraction of sp³-hybridized carbons (Fsp3) is 0.682. The molecular weight excluding hydrogens is 522 g/mol. The van der Waals surface area contributed by atoms with E-state index in [9.17, 15) is 13.2 Å². The number of ether oxygens (including phenoxy) is 2. The second-order valence-corrected chi connectivity index (χ2v) is 8.15. The van der Waals surface area contributed by atoms with Gasteiger partial charge in [-0.15, -0.1) is 24.0 Å². The highest BCUT2D eigenvalue weighted by atomic mass is 127. The number of guanidine groups is 1. The van der Waals surface area contributed by atoms with Gasteiger partial charge in [-0.3, -0.25) is 4.99 Å². The van der Waals surface area contributed by atoms with E-state index < -0.39 is 17.2 Å². The lowest BCUT2D eigenvalue weighted by atomic mass is 9.73. The van der Waals surface area contributed by atoms with Gasteiger partial charge in [0.2, 0.25) is 0 Å². The maximum Gasteiger partial charge on any atom is 0.416 e. The van der Waals surface area contributed by atoms with Crippen molar-refractivity contribution in [2.75, 3.05) is 46.6 Å². The minimum atomic E-state index is -4.36. The maximum absolute atomic E-state index is 13.2. The quantitative estimate of drug-likeness (QED) is 0.202. The number of nitrogens with one attached hydrogen (secondary N) is 2. The first-order valence-electron chi connectivity index (χ1n) is 10.5. The number of hydrogen-bond donors (Lipinski definition) is 2. The third kappa shape index (κ3) is 9.13. The van der Waals surface area contributed by atoms with Crippen LogP contribution in [0.5, 0.6) is 0 Å². The third-order valence-corrected chi connectivity index (χ3v) is 5.28. The topological polar surface area (TPSA) is 54.9 Å². The van der Waals surface area contributed by atoms with E-state index in [0.29, 0.717) is 63.2 Å². The van der Waals surface area contributed by atoms with E-state index >= 15 is 0 Å². The van der Waals surface area contributed by atoms with Crippen molar-refractivity contribution >= 4 is 29.9 Å². The van der Waals surface area contributed by atoms with Crippen molar-refractivity contribution < 1.29 is 22.6 Å². The summed E-state index contributed by atoms with van der Waals surface area (Å²) >= 11 is 0. The SMILES string of the molecule is CN=C(NCCCOCC(C)C)NCC1(c2cccc(C(F)(F)F)c2)CCOCC1.I. The van der Waals surface area contributed by atoms with Crippen molar-refractivity contribution in [3.8, 4) is 0 Å². The van der Waals surface area contributed by atoms with Crippen LogP contribution in [0.2, 0.25) is 0 Å². The molecular formula is C22H35F3IN3O2. The summed E-state index contributed by atoms with van der Waals surface area (Å²) in [5, 5.41) is 6.56. The number of rotatable bonds is 9. The average molecular weight is 557 g/mol. The molecule has 0 saturated carbocycles. The molecule has 1 aromatic carbocycles. The zero-order valence-corrected chi connectivity index (χ0v) is 20.9. The van der Waals surface area contributed by atoms with Crippen LogP contribution in [0.15, 0.2) is 29.3 Å². The van der Waals surface area contributed by atoms with Crippen LogP contribution in [0.3, 0.4) is 0 Å². The van der Waals surface area contributed by atoms with E-state index in [4.69, 9.17) is 9.47 Å². The van der Waals surface area contributed by atoms with Gasteiger partial charge in [-0.1, -0.05) is 32.0 Å². The highest BCUT2D eigenvalue weighted by molar-refractivity contribution is 14.0. The number of alkyl halides is 3. The maximum atomic E-state index is 13.2. The number of benzene rings is 1. The molecule has 1 aliphatic rings. The van der Waals surface area contributed by atoms with Crippen LogP contribution in [0.4, 0.5) is 13.2 Å². The van der Waals surface area contributed by atoms with Crippen molar-refractivity contribution in [3.05, 3.63) is 35.4 Å². The standard InChI is InChI=1S/C22H34F3N3O2.HI/c1-17(2)15-30-11-5-10-27-20(26-3)28-16-21(8-12-29-13-9-21)18-6-4-7-19(14-18)22(23,24)25;/h4,6-7,14,17H,5,8-13,15-16H2,1-3H3,(H2,26,27,28);1H. The van der Waals surface area contributed by atoms with E-state index in [1.807, 2.05) is 0 Å². The minimum Gasteiger partial charge on any atom is -0.381 e. The van der Waals surface area contributed by atoms with Crippen molar-refractivity contribution in [3.63, 3.8) is 0 Å². The molecule has 0 bridgehead atoms. The predicted octanol–water partition coefficient (Wildman–Crippen LogP) is 4.60. The second kappa shape index (κ2) is 13.5. The molecule has 31 heavy (non-hydrogen) atoms. The molecule has 1 fully saturated rings. The second-order valence-electron chi connectivity index (χ2n) is 8.15. The number of halogens is 4. The number of nitrogens with zero attached hydrogens (tertiary/aromatic N) is 1. The lowest BCUT2D eigenvalue weighted by Crippen LogP contribution is -2.48. The first-order valence-corrected chi connectivity index (χ1v) is 10.5. The Labute approximate surface area is 200 Å². The molecule has 0 amide bonds. The Morgan fingerprint density at radius 3 is 2.55 bits per heavy atom. The van der Waals surface area contributed by atoms with E-state index in [1.165, 1.54) is 12.1 Å². The summed E-state index contributed by atoms with van der Waals surface area (Å²) < 4.78 is 50.7. The molecule has 0 unspecified atom stereocenters. The van der Waals surface area contributed by atoms with Crippen LogP contribution in [0.1, 0.15) is 44.2 Å². The molecule has 2 N–H and O–H groups in total. The molecule has 0 spiro atoms. The lowest BCUT2D eigenvalue weighted by Gasteiger charge is -2.38. The Morgan fingerprint density at radius 2 is 1.94 bits per heavy atom. The largest absolute Gasteiger partial charge is 0.416 e. The Balaban J connectivity index is 0.00000480. The smallest absolute Gasteiger partial charge is 0.381 e. The zero-order chi connectivity index (χ0) is 22.0. The molecule has 1 aromatic rings. The first kappa shape index (κ1) is 28.0. The van der Waals surface area contributed by atoms with Gasteiger partial charge >= 0.3 is 6.18 Å². The molecule has 5 nitrogen and oxygen atoms in total. The van der Waals surface area contributed by atoms with Crippen molar-refractivity contribution in [2.45, 2.75) is 44.7 Å². The molecule has 1 heterocycles. The monoisotopic (exact) mass is 557 g/mol. The molecule has 1 aliphatic heterocycles. The summed E-state index contributed by atoms with van der Waals surface area (Å²) in [6, 6.07) is 5.66. The molecule has 1 saturated heterocycles. The Kier molecular flexibility index (Phi) is 12.2. The van der Waals surface area contributed by atoms with Crippen LogP contribution < -0.4 is 10.6 Å². The summed E-state index contributed by atoms with van der Waals surface area (Å²) in [5.74, 6) is 1.15. The van der Waals surface area contributed by atoms with Gasteiger partial charge in [-0.25, -0.2) is 0 Å². The van der Waals surface area contributed by atoms with Gasteiger partial charge in [0.1, 0.15) is 0 Å². The van der Waals surface area contributed by atoms with Crippen molar-refractivity contribution in [1.82, 2.24) is 10.6 Å². The minimum absolute atomic E-state index is 0. The van der Waals surface area contributed by atoms with Gasteiger partial charge in [-0.05, 0) is 36.8 Å². The van der Waals surface area contributed by atoms with Crippen LogP contribution in [-0.2, 0) is 21.1 Å². The summed E-state index contributed by atoms with van der Waals surface area (Å²) in [5.41, 5.74) is -0.363. The summed E-state index contributed by atoms with van der Waals surface area (Å²) in [4.78, 5) is 4.24. The van der Waals surface area contributed by atoms with Gasteiger partial charge in [0.15, 0.2) is 5.96 Å². The lowest BCUT2D eigenvalue weighted by molar-refractivity contribution is -0.137. The molecule has 0 atom stereocenters. The molecule has 0 aromatic heterocycles. The summed E-state index contributed by atoms with van der Waals surface area (Å²) in [6.07, 6.45) is -2.20. The van der Waals surface area contributed by atoms with E-state index in [-0.39, 0.29) is 24.0 Å². The molecule has 0 aliphatic carbocycles. The molecule has 9 heteroatoms. The first-order chi connectivity index (χ1) is 14.3. The van der Waals surface area contributed by atoms with E-state index in [0.717, 1.165) is 19.1 Å². The van der Waals surface area contributed by atoms with Crippen molar-refractivity contribution in [2.24, 2.45) is 10.9 Å². The van der Waals surface area contributed by atoms with Gasteiger partial charge in [-0.2, -0.15) is 13.2 Å². The zero-order valence-electron chi connectivity index (χ0n) is 18.6. The van der Waals surface area contributed by atoms with E-state index in [1.54, 1.807) is 13.1 Å². The van der Waals surface area contributed by atoms with Gasteiger partial charge in [0.25, 0.3) is 0 Å². The normalized spacial score (nSPS) is 16.7. The number of hydrogen-bond acceptors (Lipinski definition) is 3. The van der Waals surface area contributed by atoms with Crippen LogP contribution in [0.25, 0.3) is 0 Å². The van der Waals surface area contributed by atoms with Gasteiger partial charge in [0, 0.05) is 52.0 Å². The highest BCUT2D eigenvalue weighted by Gasteiger charge is 2.37. The highest BCUT2D eigenvalue weighted by Crippen LogP contribution is 2.37. The fourth-order valence-corrected chi connectivity index (χ4v) is 3.53. The fourth-order valence-electron chi connectivity index (χ4n) is 3.53. The van der Waals surface area contributed by atoms with Crippen LogP contribution in [0, 0.1) is 5.92 Å². The van der Waals surface area contributed by atoms with Gasteiger partial charge in [0.05, 0.1) is 5.56 Å². The van der Waals surface area contributed by atoms with E-state index in [2.05, 4.69) is 29.5 Å².